The van der Waals surface area contributed by atoms with Crippen LogP contribution in [0.1, 0.15) is 28.8 Å². The number of unbranched alkanes of at least 4 members (excludes halogenated alkanes) is 1. The molecular formula is C12H17NO3. The number of aliphatic hydroxyl groups is 1. The van der Waals surface area contributed by atoms with Crippen molar-refractivity contribution in [2.75, 3.05) is 13.2 Å². The van der Waals surface area contributed by atoms with Crippen molar-refractivity contribution < 1.29 is 15.0 Å². The summed E-state index contributed by atoms with van der Waals surface area (Å²) in [5.74, 6) is -0.901. The zero-order chi connectivity index (χ0) is 11.8. The maximum atomic E-state index is 10.6. The van der Waals surface area contributed by atoms with Gasteiger partial charge >= 0.3 is 5.97 Å². The Bertz CT molecular complexity index is 322. The molecule has 0 radical (unpaired) electrons. The molecule has 0 saturated heterocycles. The lowest BCUT2D eigenvalue weighted by atomic mass is 10.1. The molecule has 0 fully saturated rings. The third-order valence-corrected chi connectivity index (χ3v) is 2.29. The van der Waals surface area contributed by atoms with Crippen molar-refractivity contribution in [3.05, 3.63) is 35.4 Å². The average Bonchev–Trinajstić information content (AvgIpc) is 2.29. The lowest BCUT2D eigenvalue weighted by Crippen LogP contribution is -2.15. The maximum absolute atomic E-state index is 10.6. The van der Waals surface area contributed by atoms with Crippen LogP contribution in [-0.4, -0.2) is 29.3 Å². The first-order valence-corrected chi connectivity index (χ1v) is 5.38. The van der Waals surface area contributed by atoms with E-state index in [-0.39, 0.29) is 6.61 Å². The molecule has 4 nitrogen and oxygen atoms in total. The fourth-order valence-corrected chi connectivity index (χ4v) is 1.36. The summed E-state index contributed by atoms with van der Waals surface area (Å²) in [6, 6.07) is 6.82. The number of carboxylic acids is 1. The Balaban J connectivity index is 2.29. The molecule has 4 heteroatoms. The zero-order valence-electron chi connectivity index (χ0n) is 9.15. The summed E-state index contributed by atoms with van der Waals surface area (Å²) in [6.45, 7) is 1.82. The minimum Gasteiger partial charge on any atom is -0.478 e. The predicted octanol–water partition coefficient (Wildman–Crippen LogP) is 1.25. The van der Waals surface area contributed by atoms with Crippen LogP contribution in [0.2, 0.25) is 0 Å². The summed E-state index contributed by atoms with van der Waals surface area (Å²) < 4.78 is 0. The van der Waals surface area contributed by atoms with Crippen LogP contribution in [0, 0.1) is 0 Å². The number of aromatic carboxylic acids is 1. The minimum absolute atomic E-state index is 0.231. The van der Waals surface area contributed by atoms with Crippen molar-refractivity contribution in [3.63, 3.8) is 0 Å². The van der Waals surface area contributed by atoms with Gasteiger partial charge in [-0.1, -0.05) is 12.1 Å². The lowest BCUT2D eigenvalue weighted by molar-refractivity contribution is 0.0697. The highest BCUT2D eigenvalue weighted by Crippen LogP contribution is 2.04. The molecule has 16 heavy (non-hydrogen) atoms. The van der Waals surface area contributed by atoms with Gasteiger partial charge in [0.2, 0.25) is 0 Å². The molecule has 1 aromatic rings. The smallest absolute Gasteiger partial charge is 0.335 e. The Morgan fingerprint density at radius 2 is 1.88 bits per heavy atom. The van der Waals surface area contributed by atoms with Crippen molar-refractivity contribution in [1.29, 1.82) is 0 Å². The predicted molar refractivity (Wildman–Crippen MR) is 61.4 cm³/mol. The van der Waals surface area contributed by atoms with E-state index in [0.717, 1.165) is 31.5 Å². The molecule has 0 aliphatic rings. The van der Waals surface area contributed by atoms with Gasteiger partial charge in [0, 0.05) is 13.2 Å². The van der Waals surface area contributed by atoms with Gasteiger partial charge in [-0.15, -0.1) is 0 Å². The number of carbonyl (C=O) groups is 1. The van der Waals surface area contributed by atoms with E-state index in [1.54, 1.807) is 12.1 Å². The molecule has 0 spiro atoms. The average molecular weight is 223 g/mol. The number of nitrogens with one attached hydrogen (secondary N) is 1. The molecule has 3 N–H and O–H groups in total. The monoisotopic (exact) mass is 223 g/mol. The van der Waals surface area contributed by atoms with Crippen LogP contribution in [-0.2, 0) is 6.54 Å². The highest BCUT2D eigenvalue weighted by molar-refractivity contribution is 5.87. The van der Waals surface area contributed by atoms with Gasteiger partial charge in [-0.05, 0) is 37.1 Å². The number of carboxylic acid groups (broad SMARTS) is 1. The summed E-state index contributed by atoms with van der Waals surface area (Å²) >= 11 is 0. The molecular weight excluding hydrogens is 206 g/mol. The standard InChI is InChI=1S/C12H17NO3/c14-8-2-1-7-13-9-10-3-5-11(6-4-10)12(15)16/h3-6,13-14H,1-2,7-9H2,(H,15,16). The van der Waals surface area contributed by atoms with Crippen molar-refractivity contribution in [1.82, 2.24) is 5.32 Å². The van der Waals surface area contributed by atoms with E-state index in [1.165, 1.54) is 0 Å². The topological polar surface area (TPSA) is 69.6 Å². The molecule has 1 aromatic carbocycles. The van der Waals surface area contributed by atoms with E-state index in [9.17, 15) is 4.79 Å². The van der Waals surface area contributed by atoms with E-state index in [2.05, 4.69) is 5.32 Å². The molecule has 0 heterocycles. The normalized spacial score (nSPS) is 10.3. The molecule has 0 saturated carbocycles. The minimum atomic E-state index is -0.901. The Labute approximate surface area is 94.9 Å². The SMILES string of the molecule is O=C(O)c1ccc(CNCCCCO)cc1. The van der Waals surface area contributed by atoms with Gasteiger partial charge in [0.15, 0.2) is 0 Å². The van der Waals surface area contributed by atoms with Crippen molar-refractivity contribution in [3.8, 4) is 0 Å². The Kier molecular flexibility index (Phi) is 5.53. The number of aliphatic hydroxyl groups excluding tert-OH is 1. The largest absolute Gasteiger partial charge is 0.478 e. The van der Waals surface area contributed by atoms with Gasteiger partial charge < -0.3 is 15.5 Å². The van der Waals surface area contributed by atoms with Crippen LogP contribution < -0.4 is 5.32 Å². The summed E-state index contributed by atoms with van der Waals surface area (Å²) in [6.07, 6.45) is 1.76. The van der Waals surface area contributed by atoms with E-state index in [4.69, 9.17) is 10.2 Å². The van der Waals surface area contributed by atoms with Crippen LogP contribution in [0.15, 0.2) is 24.3 Å². The van der Waals surface area contributed by atoms with Crippen LogP contribution in [0.5, 0.6) is 0 Å². The number of hydrogen-bond donors (Lipinski definition) is 3. The molecule has 0 unspecified atom stereocenters. The summed E-state index contributed by atoms with van der Waals surface area (Å²) in [5.41, 5.74) is 1.37. The van der Waals surface area contributed by atoms with Gasteiger partial charge in [0.25, 0.3) is 0 Å². The Morgan fingerprint density at radius 1 is 1.19 bits per heavy atom. The first-order valence-electron chi connectivity index (χ1n) is 5.38. The lowest BCUT2D eigenvalue weighted by Gasteiger charge is -2.04. The molecule has 0 aromatic heterocycles. The van der Waals surface area contributed by atoms with Gasteiger partial charge in [0.05, 0.1) is 5.56 Å². The second-order valence-corrected chi connectivity index (χ2v) is 3.61. The Hall–Kier alpha value is -1.39. The number of benzene rings is 1. The van der Waals surface area contributed by atoms with E-state index >= 15 is 0 Å². The second-order valence-electron chi connectivity index (χ2n) is 3.61. The first kappa shape index (κ1) is 12.7. The highest BCUT2D eigenvalue weighted by atomic mass is 16.4. The van der Waals surface area contributed by atoms with Crippen molar-refractivity contribution in [2.24, 2.45) is 0 Å². The maximum Gasteiger partial charge on any atom is 0.335 e. The van der Waals surface area contributed by atoms with E-state index in [0.29, 0.717) is 5.56 Å². The van der Waals surface area contributed by atoms with Crippen LogP contribution in [0.4, 0.5) is 0 Å². The summed E-state index contributed by atoms with van der Waals surface area (Å²) in [7, 11) is 0. The third kappa shape index (κ3) is 4.42. The second kappa shape index (κ2) is 6.98. The quantitative estimate of drug-likeness (QED) is 0.608. The number of rotatable bonds is 7. The van der Waals surface area contributed by atoms with Gasteiger partial charge in [-0.3, -0.25) is 0 Å². The molecule has 0 aliphatic carbocycles. The third-order valence-electron chi connectivity index (χ3n) is 2.29. The fraction of sp³-hybridized carbons (Fsp3) is 0.417. The molecule has 88 valence electrons. The highest BCUT2D eigenvalue weighted by Gasteiger charge is 2.00. The van der Waals surface area contributed by atoms with E-state index < -0.39 is 5.97 Å². The Morgan fingerprint density at radius 3 is 2.44 bits per heavy atom. The van der Waals surface area contributed by atoms with Crippen molar-refractivity contribution >= 4 is 5.97 Å². The van der Waals surface area contributed by atoms with Crippen LogP contribution in [0.25, 0.3) is 0 Å². The summed E-state index contributed by atoms with van der Waals surface area (Å²) in [5, 5.41) is 20.5. The van der Waals surface area contributed by atoms with Gasteiger partial charge in [-0.2, -0.15) is 0 Å². The molecule has 1 rings (SSSR count). The van der Waals surface area contributed by atoms with Gasteiger partial charge in [-0.25, -0.2) is 4.79 Å². The van der Waals surface area contributed by atoms with Crippen LogP contribution in [0.3, 0.4) is 0 Å². The van der Waals surface area contributed by atoms with Crippen LogP contribution >= 0.6 is 0 Å². The molecule has 0 amide bonds. The first-order chi connectivity index (χ1) is 7.74. The van der Waals surface area contributed by atoms with Gasteiger partial charge in [0.1, 0.15) is 0 Å². The van der Waals surface area contributed by atoms with Crippen molar-refractivity contribution in [2.45, 2.75) is 19.4 Å². The fourth-order valence-electron chi connectivity index (χ4n) is 1.36. The molecule has 0 bridgehead atoms. The summed E-state index contributed by atoms with van der Waals surface area (Å²) in [4.78, 5) is 10.6. The zero-order valence-corrected chi connectivity index (χ0v) is 9.15. The van der Waals surface area contributed by atoms with E-state index in [1.807, 2.05) is 12.1 Å². The molecule has 0 atom stereocenters. The number of hydrogen-bond acceptors (Lipinski definition) is 3. The molecule has 0 aliphatic heterocycles.